The predicted molar refractivity (Wildman–Crippen MR) is 73.8 cm³/mol. The van der Waals surface area contributed by atoms with Crippen LogP contribution in [0.2, 0.25) is 0 Å². The van der Waals surface area contributed by atoms with Crippen LogP contribution >= 0.6 is 0 Å². The Morgan fingerprint density at radius 2 is 2.11 bits per heavy atom. The fourth-order valence-corrected chi connectivity index (χ4v) is 3.25. The van der Waals surface area contributed by atoms with Crippen LogP contribution in [-0.2, 0) is 10.0 Å². The van der Waals surface area contributed by atoms with E-state index in [1.54, 1.807) is 26.2 Å². The SMILES string of the molecule is CCC(CCO)NS(=O)(=O)c1ccc(OC)c(C)c1. The first-order chi connectivity index (χ1) is 8.94. The first-order valence-corrected chi connectivity index (χ1v) is 7.70. The number of rotatable bonds is 7. The molecular weight excluding hydrogens is 266 g/mol. The van der Waals surface area contributed by atoms with Gasteiger partial charge in [0, 0.05) is 12.6 Å². The lowest BCUT2D eigenvalue weighted by molar-refractivity contribution is 0.270. The van der Waals surface area contributed by atoms with Crippen molar-refractivity contribution in [1.29, 1.82) is 0 Å². The fraction of sp³-hybridized carbons (Fsp3) is 0.538. The summed E-state index contributed by atoms with van der Waals surface area (Å²) >= 11 is 0. The monoisotopic (exact) mass is 287 g/mol. The van der Waals surface area contributed by atoms with Crippen LogP contribution in [0, 0.1) is 6.92 Å². The summed E-state index contributed by atoms with van der Waals surface area (Å²) in [6, 6.07) is 4.47. The van der Waals surface area contributed by atoms with Crippen LogP contribution < -0.4 is 9.46 Å². The highest BCUT2D eigenvalue weighted by molar-refractivity contribution is 7.89. The molecule has 0 aliphatic carbocycles. The molecule has 5 nitrogen and oxygen atoms in total. The molecule has 6 heteroatoms. The lowest BCUT2D eigenvalue weighted by Crippen LogP contribution is -2.35. The van der Waals surface area contributed by atoms with Gasteiger partial charge in [0.05, 0.1) is 12.0 Å². The molecular formula is C13H21NO4S. The highest BCUT2D eigenvalue weighted by Gasteiger charge is 2.19. The maximum Gasteiger partial charge on any atom is 0.240 e. The second-order valence-corrected chi connectivity index (χ2v) is 6.08. The Balaban J connectivity index is 2.96. The minimum Gasteiger partial charge on any atom is -0.496 e. The van der Waals surface area contributed by atoms with Crippen LogP contribution in [0.4, 0.5) is 0 Å². The molecule has 108 valence electrons. The molecule has 0 fully saturated rings. The fourth-order valence-electron chi connectivity index (χ4n) is 1.81. The second kappa shape index (κ2) is 6.88. The van der Waals surface area contributed by atoms with Crippen molar-refractivity contribution in [2.45, 2.75) is 37.6 Å². The van der Waals surface area contributed by atoms with E-state index < -0.39 is 10.0 Å². The summed E-state index contributed by atoms with van der Waals surface area (Å²) in [5.74, 6) is 0.654. The molecule has 1 rings (SSSR count). The summed E-state index contributed by atoms with van der Waals surface area (Å²) in [5, 5.41) is 8.90. The molecule has 1 aromatic carbocycles. The number of aryl methyl sites for hydroxylation is 1. The van der Waals surface area contributed by atoms with E-state index in [1.807, 2.05) is 6.92 Å². The number of sulfonamides is 1. The van der Waals surface area contributed by atoms with Crippen molar-refractivity contribution in [1.82, 2.24) is 4.72 Å². The molecule has 1 atom stereocenters. The Labute approximate surface area is 114 Å². The maximum absolute atomic E-state index is 12.2. The Bertz CT molecular complexity index is 513. The third-order valence-corrected chi connectivity index (χ3v) is 4.49. The number of hydrogen-bond donors (Lipinski definition) is 2. The molecule has 0 saturated heterocycles. The number of nitrogens with one attached hydrogen (secondary N) is 1. The van der Waals surface area contributed by atoms with E-state index in [1.165, 1.54) is 6.07 Å². The van der Waals surface area contributed by atoms with Gasteiger partial charge < -0.3 is 9.84 Å². The summed E-state index contributed by atoms with van der Waals surface area (Å²) in [5.41, 5.74) is 0.764. The predicted octanol–water partition coefficient (Wildman–Crippen LogP) is 1.44. The van der Waals surface area contributed by atoms with E-state index >= 15 is 0 Å². The molecule has 0 aliphatic rings. The van der Waals surface area contributed by atoms with Gasteiger partial charge in [-0.15, -0.1) is 0 Å². The lowest BCUT2D eigenvalue weighted by Gasteiger charge is -2.16. The Hall–Kier alpha value is -1.11. The van der Waals surface area contributed by atoms with Gasteiger partial charge in [0.25, 0.3) is 0 Å². The zero-order chi connectivity index (χ0) is 14.5. The number of ether oxygens (including phenoxy) is 1. The summed E-state index contributed by atoms with van der Waals surface area (Å²) < 4.78 is 32.1. The molecule has 0 heterocycles. The van der Waals surface area contributed by atoms with E-state index in [4.69, 9.17) is 9.84 Å². The standard InChI is InChI=1S/C13H21NO4S/c1-4-11(7-8-15)14-19(16,17)12-5-6-13(18-3)10(2)9-12/h5-6,9,11,14-15H,4,7-8H2,1-3H3. The minimum atomic E-state index is -3.56. The maximum atomic E-state index is 12.2. The lowest BCUT2D eigenvalue weighted by atomic mass is 10.2. The van der Waals surface area contributed by atoms with Crippen LogP contribution in [0.15, 0.2) is 23.1 Å². The quantitative estimate of drug-likeness (QED) is 0.795. The molecule has 0 radical (unpaired) electrons. The number of aliphatic hydroxyl groups excluding tert-OH is 1. The average Bonchev–Trinajstić information content (AvgIpc) is 2.37. The van der Waals surface area contributed by atoms with Gasteiger partial charge in [0.2, 0.25) is 10.0 Å². The molecule has 0 amide bonds. The number of aliphatic hydroxyl groups is 1. The van der Waals surface area contributed by atoms with Gasteiger partial charge in [0.15, 0.2) is 0 Å². The molecule has 0 spiro atoms. The Morgan fingerprint density at radius 3 is 2.58 bits per heavy atom. The van der Waals surface area contributed by atoms with Crippen molar-refractivity contribution in [3.63, 3.8) is 0 Å². The Morgan fingerprint density at radius 1 is 1.42 bits per heavy atom. The average molecular weight is 287 g/mol. The summed E-state index contributed by atoms with van der Waals surface area (Å²) in [6.07, 6.45) is 1.04. The van der Waals surface area contributed by atoms with Gasteiger partial charge in [0.1, 0.15) is 5.75 Å². The smallest absolute Gasteiger partial charge is 0.240 e. The van der Waals surface area contributed by atoms with Crippen molar-refractivity contribution < 1.29 is 18.3 Å². The van der Waals surface area contributed by atoms with Gasteiger partial charge >= 0.3 is 0 Å². The van der Waals surface area contributed by atoms with E-state index in [2.05, 4.69) is 4.72 Å². The van der Waals surface area contributed by atoms with Gasteiger partial charge in [-0.1, -0.05) is 6.92 Å². The van der Waals surface area contributed by atoms with Crippen LogP contribution in [0.5, 0.6) is 5.75 Å². The summed E-state index contributed by atoms with van der Waals surface area (Å²) in [7, 11) is -2.01. The third kappa shape index (κ3) is 4.19. The van der Waals surface area contributed by atoms with Crippen molar-refractivity contribution in [3.8, 4) is 5.75 Å². The molecule has 2 N–H and O–H groups in total. The zero-order valence-corrected chi connectivity index (χ0v) is 12.3. The largest absolute Gasteiger partial charge is 0.496 e. The number of hydrogen-bond acceptors (Lipinski definition) is 4. The van der Waals surface area contributed by atoms with E-state index in [0.717, 1.165) is 5.56 Å². The normalized spacial score (nSPS) is 13.3. The van der Waals surface area contributed by atoms with Crippen molar-refractivity contribution in [3.05, 3.63) is 23.8 Å². The highest BCUT2D eigenvalue weighted by Crippen LogP contribution is 2.21. The highest BCUT2D eigenvalue weighted by atomic mass is 32.2. The van der Waals surface area contributed by atoms with Crippen molar-refractivity contribution in [2.75, 3.05) is 13.7 Å². The summed E-state index contributed by atoms with van der Waals surface area (Å²) in [6.45, 7) is 3.63. The summed E-state index contributed by atoms with van der Waals surface area (Å²) in [4.78, 5) is 0.210. The Kier molecular flexibility index (Phi) is 5.78. The van der Waals surface area contributed by atoms with Crippen LogP contribution in [0.25, 0.3) is 0 Å². The zero-order valence-electron chi connectivity index (χ0n) is 11.5. The second-order valence-electron chi connectivity index (χ2n) is 4.37. The van der Waals surface area contributed by atoms with Gasteiger partial charge in [-0.25, -0.2) is 13.1 Å². The number of benzene rings is 1. The van der Waals surface area contributed by atoms with Crippen molar-refractivity contribution >= 4 is 10.0 Å². The van der Waals surface area contributed by atoms with E-state index in [-0.39, 0.29) is 17.5 Å². The molecule has 0 aromatic heterocycles. The van der Waals surface area contributed by atoms with E-state index in [9.17, 15) is 8.42 Å². The molecule has 19 heavy (non-hydrogen) atoms. The first kappa shape index (κ1) is 15.9. The molecule has 0 aliphatic heterocycles. The van der Waals surface area contributed by atoms with Crippen LogP contribution in [0.1, 0.15) is 25.3 Å². The van der Waals surface area contributed by atoms with Gasteiger partial charge in [-0.3, -0.25) is 0 Å². The van der Waals surface area contributed by atoms with E-state index in [0.29, 0.717) is 18.6 Å². The molecule has 1 unspecified atom stereocenters. The van der Waals surface area contributed by atoms with Crippen molar-refractivity contribution in [2.24, 2.45) is 0 Å². The van der Waals surface area contributed by atoms with Gasteiger partial charge in [-0.05, 0) is 43.5 Å². The first-order valence-electron chi connectivity index (χ1n) is 6.22. The molecule has 1 aromatic rings. The topological polar surface area (TPSA) is 75.6 Å². The van der Waals surface area contributed by atoms with Crippen LogP contribution in [-0.4, -0.2) is 33.3 Å². The third-order valence-electron chi connectivity index (χ3n) is 2.97. The number of methoxy groups -OCH3 is 1. The van der Waals surface area contributed by atoms with Crippen LogP contribution in [0.3, 0.4) is 0 Å². The minimum absolute atomic E-state index is 0.0390. The van der Waals surface area contributed by atoms with Gasteiger partial charge in [-0.2, -0.15) is 0 Å². The molecule has 0 saturated carbocycles. The molecule has 0 bridgehead atoms.